The Balaban J connectivity index is 1.54. The Morgan fingerprint density at radius 2 is 1.86 bits per heavy atom. The fraction of sp³-hybridized carbons (Fsp3) is 0.300. The van der Waals surface area contributed by atoms with Crippen molar-refractivity contribution in [1.82, 2.24) is 19.3 Å². The zero-order chi connectivity index (χ0) is 19.6. The summed E-state index contributed by atoms with van der Waals surface area (Å²) in [6.45, 7) is 3.05. The highest BCUT2D eigenvalue weighted by atomic mass is 32.2. The van der Waals surface area contributed by atoms with E-state index in [1.165, 1.54) is 4.31 Å². The summed E-state index contributed by atoms with van der Waals surface area (Å²) in [6.07, 6.45) is 2.57. The minimum Gasteiger partial charge on any atom is -0.492 e. The van der Waals surface area contributed by atoms with Crippen LogP contribution in [0.2, 0.25) is 0 Å². The maximum atomic E-state index is 13.1. The van der Waals surface area contributed by atoms with Crippen molar-refractivity contribution in [2.45, 2.75) is 24.3 Å². The van der Waals surface area contributed by atoms with Gasteiger partial charge in [0.2, 0.25) is 10.0 Å². The van der Waals surface area contributed by atoms with Gasteiger partial charge >= 0.3 is 0 Å². The van der Waals surface area contributed by atoms with Crippen LogP contribution in [-0.4, -0.2) is 47.4 Å². The molecule has 1 saturated heterocycles. The molecular formula is C20H22N4O3S. The fourth-order valence-corrected chi connectivity index (χ4v) is 5.04. The van der Waals surface area contributed by atoms with Crippen molar-refractivity contribution in [3.05, 3.63) is 60.8 Å². The van der Waals surface area contributed by atoms with Crippen LogP contribution in [0.5, 0.6) is 5.75 Å². The second-order valence-electron chi connectivity index (χ2n) is 6.64. The van der Waals surface area contributed by atoms with Gasteiger partial charge < -0.3 is 4.74 Å². The normalized spacial score (nSPS) is 17.7. The highest BCUT2D eigenvalue weighted by Crippen LogP contribution is 2.32. The maximum absolute atomic E-state index is 13.1. The Kier molecular flexibility index (Phi) is 5.15. The lowest BCUT2D eigenvalue weighted by Crippen LogP contribution is -2.29. The second kappa shape index (κ2) is 7.73. The molecule has 0 saturated carbocycles. The van der Waals surface area contributed by atoms with E-state index in [0.717, 1.165) is 11.3 Å². The summed E-state index contributed by atoms with van der Waals surface area (Å²) in [5, 5.41) is 8.47. The van der Waals surface area contributed by atoms with Gasteiger partial charge in [-0.2, -0.15) is 4.31 Å². The van der Waals surface area contributed by atoms with Gasteiger partial charge in [0.1, 0.15) is 16.3 Å². The number of nitrogens with zero attached hydrogens (tertiary/aromatic N) is 4. The molecule has 28 heavy (non-hydrogen) atoms. The van der Waals surface area contributed by atoms with Crippen LogP contribution in [0.15, 0.2) is 65.7 Å². The number of benzene rings is 2. The van der Waals surface area contributed by atoms with Crippen molar-refractivity contribution in [2.75, 3.05) is 19.7 Å². The molecule has 2 heterocycles. The number of aromatic nitrogens is 3. The molecule has 8 heteroatoms. The summed E-state index contributed by atoms with van der Waals surface area (Å²) < 4.78 is 35.1. The molecule has 0 spiro atoms. The number of sulfonamides is 1. The van der Waals surface area contributed by atoms with E-state index in [1.807, 2.05) is 43.5 Å². The summed E-state index contributed by atoms with van der Waals surface area (Å²) in [5.41, 5.74) is 1.77. The van der Waals surface area contributed by atoms with Crippen molar-refractivity contribution in [2.24, 2.45) is 0 Å². The van der Waals surface area contributed by atoms with Crippen molar-refractivity contribution in [1.29, 1.82) is 0 Å². The fourth-order valence-electron chi connectivity index (χ4n) is 3.42. The van der Waals surface area contributed by atoms with E-state index in [9.17, 15) is 8.42 Å². The standard InChI is InChI=1S/C20H22N4O3S/c1-2-27-19-10-6-7-11-20(19)28(25,26)23-13-12-17(14-23)24-15-18(21-22-24)16-8-4-3-5-9-16/h3-11,15,17H,2,12-14H2,1H3/t17-/m1/s1. The average molecular weight is 398 g/mol. The highest BCUT2D eigenvalue weighted by molar-refractivity contribution is 7.89. The van der Waals surface area contributed by atoms with Crippen molar-refractivity contribution >= 4 is 10.0 Å². The number of hydrogen-bond donors (Lipinski definition) is 0. The van der Waals surface area contributed by atoms with Gasteiger partial charge in [0.25, 0.3) is 0 Å². The van der Waals surface area contributed by atoms with Crippen molar-refractivity contribution in [3.8, 4) is 17.0 Å². The molecule has 1 fully saturated rings. The maximum Gasteiger partial charge on any atom is 0.246 e. The van der Waals surface area contributed by atoms with E-state index in [-0.39, 0.29) is 10.9 Å². The van der Waals surface area contributed by atoms with Gasteiger partial charge in [-0.15, -0.1) is 5.10 Å². The molecule has 3 aromatic rings. The minimum absolute atomic E-state index is 0.0426. The summed E-state index contributed by atoms with van der Waals surface area (Å²) in [5.74, 6) is 0.389. The van der Waals surface area contributed by atoms with Crippen LogP contribution < -0.4 is 4.74 Å². The Bertz CT molecular complexity index is 1050. The smallest absolute Gasteiger partial charge is 0.246 e. The minimum atomic E-state index is -3.63. The first-order valence-corrected chi connectivity index (χ1v) is 10.7. The summed E-state index contributed by atoms with van der Waals surface area (Å²) >= 11 is 0. The van der Waals surface area contributed by atoms with Gasteiger partial charge in [-0.1, -0.05) is 47.7 Å². The lowest BCUT2D eigenvalue weighted by atomic mass is 10.2. The van der Waals surface area contributed by atoms with Crippen LogP contribution >= 0.6 is 0 Å². The van der Waals surface area contributed by atoms with Gasteiger partial charge in [-0.25, -0.2) is 13.1 Å². The second-order valence-corrected chi connectivity index (χ2v) is 8.54. The molecule has 1 aliphatic rings. The van der Waals surface area contributed by atoms with Crippen LogP contribution in [0.1, 0.15) is 19.4 Å². The lowest BCUT2D eigenvalue weighted by molar-refractivity contribution is 0.329. The first-order chi connectivity index (χ1) is 13.6. The number of hydrogen-bond acceptors (Lipinski definition) is 5. The van der Waals surface area contributed by atoms with Gasteiger partial charge in [0.05, 0.1) is 18.8 Å². The van der Waals surface area contributed by atoms with E-state index < -0.39 is 10.0 Å². The van der Waals surface area contributed by atoms with Gasteiger partial charge in [0, 0.05) is 18.7 Å². The zero-order valence-electron chi connectivity index (χ0n) is 15.6. The molecule has 1 aliphatic heterocycles. The Hall–Kier alpha value is -2.71. The molecule has 0 N–H and O–H groups in total. The summed E-state index contributed by atoms with van der Waals surface area (Å²) in [4.78, 5) is 0.209. The average Bonchev–Trinajstić information content (AvgIpc) is 3.39. The predicted molar refractivity (Wildman–Crippen MR) is 105 cm³/mol. The van der Waals surface area contributed by atoms with Crippen LogP contribution in [0.3, 0.4) is 0 Å². The molecule has 7 nitrogen and oxygen atoms in total. The zero-order valence-corrected chi connectivity index (χ0v) is 16.4. The summed E-state index contributed by atoms with van der Waals surface area (Å²) in [7, 11) is -3.63. The quantitative estimate of drug-likeness (QED) is 0.638. The molecule has 1 aromatic heterocycles. The molecule has 2 aromatic carbocycles. The molecule has 0 bridgehead atoms. The number of para-hydroxylation sites is 1. The highest BCUT2D eigenvalue weighted by Gasteiger charge is 2.35. The Labute approximate surface area is 164 Å². The van der Waals surface area contributed by atoms with Crippen LogP contribution in [0.4, 0.5) is 0 Å². The van der Waals surface area contributed by atoms with E-state index in [0.29, 0.717) is 31.9 Å². The third kappa shape index (κ3) is 3.53. The molecule has 0 unspecified atom stereocenters. The molecule has 0 aliphatic carbocycles. The van der Waals surface area contributed by atoms with Crippen molar-refractivity contribution in [3.63, 3.8) is 0 Å². The van der Waals surface area contributed by atoms with E-state index in [1.54, 1.807) is 28.9 Å². The molecule has 4 rings (SSSR count). The molecule has 146 valence electrons. The van der Waals surface area contributed by atoms with Gasteiger partial charge in [-0.3, -0.25) is 0 Å². The van der Waals surface area contributed by atoms with E-state index in [2.05, 4.69) is 10.3 Å². The third-order valence-corrected chi connectivity index (χ3v) is 6.75. The molecule has 1 atom stereocenters. The molecule has 0 radical (unpaired) electrons. The van der Waals surface area contributed by atoms with Crippen LogP contribution in [0.25, 0.3) is 11.3 Å². The van der Waals surface area contributed by atoms with Crippen LogP contribution in [0, 0.1) is 0 Å². The van der Waals surface area contributed by atoms with Gasteiger partial charge in [-0.05, 0) is 25.5 Å². The summed E-state index contributed by atoms with van der Waals surface area (Å²) in [6, 6.07) is 16.5. The first-order valence-electron chi connectivity index (χ1n) is 9.29. The molecule has 0 amide bonds. The molecular weight excluding hydrogens is 376 g/mol. The van der Waals surface area contributed by atoms with Crippen LogP contribution in [-0.2, 0) is 10.0 Å². The Morgan fingerprint density at radius 1 is 1.11 bits per heavy atom. The number of rotatable bonds is 6. The topological polar surface area (TPSA) is 77.3 Å². The Morgan fingerprint density at radius 3 is 2.64 bits per heavy atom. The van der Waals surface area contributed by atoms with Crippen molar-refractivity contribution < 1.29 is 13.2 Å². The first kappa shape index (κ1) is 18.6. The lowest BCUT2D eigenvalue weighted by Gasteiger charge is -2.18. The largest absolute Gasteiger partial charge is 0.492 e. The monoisotopic (exact) mass is 398 g/mol. The van der Waals surface area contributed by atoms with E-state index in [4.69, 9.17) is 4.74 Å². The number of ether oxygens (including phenoxy) is 1. The van der Waals surface area contributed by atoms with Gasteiger partial charge in [0.15, 0.2) is 0 Å². The SMILES string of the molecule is CCOc1ccccc1S(=O)(=O)N1CC[C@@H](n2cc(-c3ccccc3)nn2)C1. The van der Waals surface area contributed by atoms with E-state index >= 15 is 0 Å². The predicted octanol–water partition coefficient (Wildman–Crippen LogP) is 2.98. The third-order valence-electron chi connectivity index (χ3n) is 4.85.